The minimum Gasteiger partial charge on any atom is -0.460 e. The van der Waals surface area contributed by atoms with E-state index >= 15 is 0 Å². The first-order valence-electron chi connectivity index (χ1n) is 7.51. The molecule has 0 radical (unpaired) electrons. The van der Waals surface area contributed by atoms with E-state index in [0.29, 0.717) is 5.92 Å². The molecule has 1 heterocycles. The molecule has 1 saturated carbocycles. The van der Waals surface area contributed by atoms with Crippen LogP contribution in [0.4, 0.5) is 0 Å². The van der Waals surface area contributed by atoms with E-state index in [2.05, 4.69) is 11.2 Å². The van der Waals surface area contributed by atoms with Gasteiger partial charge in [0, 0.05) is 18.4 Å². The summed E-state index contributed by atoms with van der Waals surface area (Å²) < 4.78 is 7.33. The molecule has 1 aromatic carbocycles. The van der Waals surface area contributed by atoms with Gasteiger partial charge in [0.25, 0.3) is 0 Å². The number of ether oxygens (including phenoxy) is 1. The first kappa shape index (κ1) is 14.1. The number of hydrogen-bond donors (Lipinski definition) is 0. The van der Waals surface area contributed by atoms with Gasteiger partial charge < -0.3 is 4.74 Å². The number of aryl methyl sites for hydroxylation is 1. The molecule has 3 rings (SSSR count). The molecule has 0 aliphatic heterocycles. The summed E-state index contributed by atoms with van der Waals surface area (Å²) in [6, 6.07) is 6.11. The fourth-order valence-corrected chi connectivity index (χ4v) is 2.78. The monoisotopic (exact) mass is 286 g/mol. The zero-order valence-electron chi connectivity index (χ0n) is 13.1. The minimum absolute atomic E-state index is 0.191. The van der Waals surface area contributed by atoms with Gasteiger partial charge in [0.1, 0.15) is 5.60 Å². The molecular weight excluding hydrogens is 264 g/mol. The van der Waals surface area contributed by atoms with E-state index in [9.17, 15) is 4.79 Å². The Labute approximate surface area is 125 Å². The second kappa shape index (κ2) is 4.86. The highest BCUT2D eigenvalue weighted by Crippen LogP contribution is 2.42. The Balaban J connectivity index is 1.94. The number of benzene rings is 1. The average molecular weight is 286 g/mol. The highest BCUT2D eigenvalue weighted by atomic mass is 16.6. The van der Waals surface area contributed by atoms with Gasteiger partial charge >= 0.3 is 5.97 Å². The van der Waals surface area contributed by atoms with E-state index < -0.39 is 5.60 Å². The molecule has 2 aromatic rings. The van der Waals surface area contributed by atoms with Crippen molar-refractivity contribution in [2.24, 2.45) is 7.05 Å². The van der Waals surface area contributed by atoms with Gasteiger partial charge in [-0.2, -0.15) is 5.10 Å². The summed E-state index contributed by atoms with van der Waals surface area (Å²) >= 11 is 0. The van der Waals surface area contributed by atoms with E-state index in [1.54, 1.807) is 0 Å². The van der Waals surface area contributed by atoms with Crippen LogP contribution in [0, 0.1) is 0 Å². The van der Waals surface area contributed by atoms with Crippen molar-refractivity contribution in [3.05, 3.63) is 29.5 Å². The van der Waals surface area contributed by atoms with Crippen molar-refractivity contribution >= 4 is 16.9 Å². The summed E-state index contributed by atoms with van der Waals surface area (Å²) in [5.74, 6) is 0.412. The Kier molecular flexibility index (Phi) is 3.27. The Morgan fingerprint density at radius 3 is 2.71 bits per heavy atom. The summed E-state index contributed by atoms with van der Waals surface area (Å²) in [6.45, 7) is 5.67. The SMILES string of the molecule is Cn1nc(C2CC2)c2cccc(CC(=O)OC(C)(C)C)c21. The zero-order valence-corrected chi connectivity index (χ0v) is 13.1. The van der Waals surface area contributed by atoms with Gasteiger partial charge in [0.05, 0.1) is 17.6 Å². The molecule has 112 valence electrons. The van der Waals surface area contributed by atoms with Gasteiger partial charge in [-0.05, 0) is 39.2 Å². The molecule has 4 heteroatoms. The van der Waals surface area contributed by atoms with Crippen molar-refractivity contribution in [1.29, 1.82) is 0 Å². The quantitative estimate of drug-likeness (QED) is 0.813. The molecule has 0 unspecified atom stereocenters. The van der Waals surface area contributed by atoms with Gasteiger partial charge in [0.2, 0.25) is 0 Å². The number of esters is 1. The van der Waals surface area contributed by atoms with E-state index in [-0.39, 0.29) is 12.4 Å². The lowest BCUT2D eigenvalue weighted by Crippen LogP contribution is -2.25. The van der Waals surface area contributed by atoms with Crippen LogP contribution < -0.4 is 0 Å². The van der Waals surface area contributed by atoms with E-state index in [0.717, 1.165) is 11.1 Å². The van der Waals surface area contributed by atoms with Crippen molar-refractivity contribution in [3.8, 4) is 0 Å². The lowest BCUT2D eigenvalue weighted by atomic mass is 10.1. The fraction of sp³-hybridized carbons (Fsp3) is 0.529. The van der Waals surface area contributed by atoms with Crippen molar-refractivity contribution in [2.45, 2.75) is 51.6 Å². The summed E-state index contributed by atoms with van der Waals surface area (Å²) in [7, 11) is 1.95. The van der Waals surface area contributed by atoms with Gasteiger partial charge in [0.15, 0.2) is 0 Å². The Bertz CT molecular complexity index is 691. The predicted molar refractivity (Wildman–Crippen MR) is 82.2 cm³/mol. The Hall–Kier alpha value is -1.84. The second-order valence-electron chi connectivity index (χ2n) is 6.86. The number of carbonyl (C=O) groups is 1. The van der Waals surface area contributed by atoms with E-state index in [1.165, 1.54) is 23.9 Å². The molecular formula is C17H22N2O2. The van der Waals surface area contributed by atoms with E-state index in [4.69, 9.17) is 4.74 Å². The molecule has 1 fully saturated rings. The second-order valence-corrected chi connectivity index (χ2v) is 6.86. The van der Waals surface area contributed by atoms with Crippen LogP contribution in [0.2, 0.25) is 0 Å². The van der Waals surface area contributed by atoms with Crippen LogP contribution in [0.25, 0.3) is 10.9 Å². The van der Waals surface area contributed by atoms with Crippen LogP contribution in [0.1, 0.15) is 50.8 Å². The van der Waals surface area contributed by atoms with Crippen LogP contribution in [0.15, 0.2) is 18.2 Å². The molecule has 21 heavy (non-hydrogen) atoms. The molecule has 1 aliphatic rings. The Morgan fingerprint density at radius 1 is 1.38 bits per heavy atom. The number of para-hydroxylation sites is 1. The summed E-state index contributed by atoms with van der Waals surface area (Å²) in [4.78, 5) is 12.1. The van der Waals surface area contributed by atoms with Crippen LogP contribution in [-0.4, -0.2) is 21.4 Å². The molecule has 0 N–H and O–H groups in total. The van der Waals surface area contributed by atoms with E-state index in [1.807, 2.05) is 44.6 Å². The number of aromatic nitrogens is 2. The van der Waals surface area contributed by atoms with Crippen LogP contribution in [0.5, 0.6) is 0 Å². The molecule has 0 bridgehead atoms. The van der Waals surface area contributed by atoms with Crippen molar-refractivity contribution < 1.29 is 9.53 Å². The van der Waals surface area contributed by atoms with Crippen molar-refractivity contribution in [2.75, 3.05) is 0 Å². The van der Waals surface area contributed by atoms with Crippen LogP contribution in [-0.2, 0) is 23.0 Å². The van der Waals surface area contributed by atoms with Gasteiger partial charge in [-0.3, -0.25) is 9.48 Å². The number of carbonyl (C=O) groups excluding carboxylic acids is 1. The van der Waals surface area contributed by atoms with Gasteiger partial charge in [-0.15, -0.1) is 0 Å². The van der Waals surface area contributed by atoms with Crippen molar-refractivity contribution in [3.63, 3.8) is 0 Å². The Morgan fingerprint density at radius 2 is 2.10 bits per heavy atom. The third-order valence-corrected chi connectivity index (χ3v) is 3.70. The zero-order chi connectivity index (χ0) is 15.2. The number of rotatable bonds is 3. The topological polar surface area (TPSA) is 44.1 Å². The average Bonchev–Trinajstić information content (AvgIpc) is 3.12. The molecule has 0 saturated heterocycles. The number of fused-ring (bicyclic) bond motifs is 1. The minimum atomic E-state index is -0.448. The molecule has 4 nitrogen and oxygen atoms in total. The van der Waals surface area contributed by atoms with Gasteiger partial charge in [-0.1, -0.05) is 18.2 Å². The summed E-state index contributed by atoms with van der Waals surface area (Å²) in [5.41, 5.74) is 2.78. The molecule has 0 amide bonds. The highest BCUT2D eigenvalue weighted by Gasteiger charge is 2.29. The fourth-order valence-electron chi connectivity index (χ4n) is 2.78. The smallest absolute Gasteiger partial charge is 0.310 e. The van der Waals surface area contributed by atoms with Crippen LogP contribution >= 0.6 is 0 Å². The molecule has 1 aliphatic carbocycles. The highest BCUT2D eigenvalue weighted by molar-refractivity contribution is 5.89. The number of nitrogens with zero attached hydrogens (tertiary/aromatic N) is 2. The maximum atomic E-state index is 12.1. The largest absolute Gasteiger partial charge is 0.460 e. The first-order chi connectivity index (χ1) is 9.85. The molecule has 1 aromatic heterocycles. The maximum absolute atomic E-state index is 12.1. The van der Waals surface area contributed by atoms with Crippen molar-refractivity contribution in [1.82, 2.24) is 9.78 Å². The molecule has 0 spiro atoms. The first-order valence-corrected chi connectivity index (χ1v) is 7.51. The maximum Gasteiger partial charge on any atom is 0.310 e. The lowest BCUT2D eigenvalue weighted by molar-refractivity contribution is -0.153. The van der Waals surface area contributed by atoms with Crippen LogP contribution in [0.3, 0.4) is 0 Å². The van der Waals surface area contributed by atoms with Gasteiger partial charge in [-0.25, -0.2) is 0 Å². The predicted octanol–water partition coefficient (Wildman–Crippen LogP) is 3.33. The standard InChI is InChI=1S/C17H22N2O2/c1-17(2,3)21-14(20)10-12-6-5-7-13-15(11-8-9-11)18-19(4)16(12)13/h5-7,11H,8-10H2,1-4H3. The third kappa shape index (κ3) is 2.94. The summed E-state index contributed by atoms with van der Waals surface area (Å²) in [5, 5.41) is 5.84. The lowest BCUT2D eigenvalue weighted by Gasteiger charge is -2.19. The molecule has 0 atom stereocenters. The summed E-state index contributed by atoms with van der Waals surface area (Å²) in [6.07, 6.45) is 2.74. The third-order valence-electron chi connectivity index (χ3n) is 3.70. The number of hydrogen-bond acceptors (Lipinski definition) is 3. The normalized spacial score (nSPS) is 15.4.